The number of ether oxygens (including phenoxy) is 2. The van der Waals surface area contributed by atoms with E-state index in [9.17, 15) is 13.8 Å². The van der Waals surface area contributed by atoms with Gasteiger partial charge in [0.25, 0.3) is 5.91 Å². The molecule has 3 heterocycles. The van der Waals surface area contributed by atoms with Crippen LogP contribution in [0.2, 0.25) is 5.02 Å². The first-order valence-electron chi connectivity index (χ1n) is 17.6. The molecule has 2 amide bonds. The minimum atomic E-state index is -3.40. The smallest absolute Gasteiger partial charge is 0.286 e. The minimum absolute atomic E-state index is 0.0345. The van der Waals surface area contributed by atoms with Crippen molar-refractivity contribution in [2.75, 3.05) is 37.5 Å². The molecule has 4 aliphatic rings. The van der Waals surface area contributed by atoms with Crippen LogP contribution in [0.5, 0.6) is 5.75 Å². The van der Waals surface area contributed by atoms with Crippen LogP contribution in [0.15, 0.2) is 58.4 Å². The number of nitrogens with one attached hydrogen (secondary N) is 1. The van der Waals surface area contributed by atoms with Gasteiger partial charge in [-0.15, -0.1) is 15.7 Å². The van der Waals surface area contributed by atoms with Crippen LogP contribution in [-0.4, -0.2) is 59.7 Å². The fraction of sp³-hybridized carbons (Fsp3) is 0.500. The number of carbonyl (C=O) groups excluding carboxylic acids is 2. The third-order valence-electron chi connectivity index (χ3n) is 11.0. The largest absolute Gasteiger partial charge is 0.490 e. The van der Waals surface area contributed by atoms with Gasteiger partial charge in [0.05, 0.1) is 35.4 Å². The molecule has 5 atom stereocenters. The summed E-state index contributed by atoms with van der Waals surface area (Å²) in [5.41, 5.74) is 6.09. The molecule has 50 heavy (non-hydrogen) atoms. The Balaban J connectivity index is 1.24. The summed E-state index contributed by atoms with van der Waals surface area (Å²) in [7, 11) is -1.63. The number of carbonyl (C=O) groups is 2. The summed E-state index contributed by atoms with van der Waals surface area (Å²) in [4.78, 5) is 34.6. The number of benzene rings is 2. The van der Waals surface area contributed by atoms with Gasteiger partial charge in [-0.25, -0.2) is 9.19 Å². The zero-order valence-electron chi connectivity index (χ0n) is 28.7. The standard InChI is InChI=1S/C38H45ClN4O5S2/c1-25-35(49-24-40-25)15-16-36(44)41-50(46)18-5-3-4-8-33(47-2)30-12-9-28(30)21-43-22-38(17-6-7-26-19-29(39)11-13-31(26)38)23-48-34-14-10-27(20-32(34)43)37(45)42-50/h4,8,10-11,13-14,19-20,24,28,30,33H,3,5-7,9,12,15-18,21-23H2,1-2H3,(H,41,42,44,45,46)/b8-4-/t28-,30+,33-,38-,50?/m0/s1. The number of rotatable bonds is 5. The van der Waals surface area contributed by atoms with Crippen molar-refractivity contribution in [3.63, 3.8) is 0 Å². The molecule has 9 nitrogen and oxygen atoms in total. The molecule has 3 aromatic rings. The van der Waals surface area contributed by atoms with Crippen LogP contribution in [0.3, 0.4) is 0 Å². The highest BCUT2D eigenvalue weighted by molar-refractivity contribution is 7.92. The zero-order valence-corrected chi connectivity index (χ0v) is 31.1. The second kappa shape index (κ2) is 14.8. The molecule has 1 aromatic heterocycles. The Morgan fingerprint density at radius 3 is 2.88 bits per heavy atom. The number of halogens is 1. The van der Waals surface area contributed by atoms with Crippen LogP contribution in [0.25, 0.3) is 0 Å². The second-order valence-corrected chi connectivity index (χ2v) is 17.6. The van der Waals surface area contributed by atoms with Crippen molar-refractivity contribution in [1.29, 1.82) is 0 Å². The number of anilines is 1. The average molecular weight is 737 g/mol. The number of amides is 2. The highest BCUT2D eigenvalue weighted by Crippen LogP contribution is 2.47. The SMILES string of the molecule is CO[C@H]1/C=C\CCCS(=O)(NC(=O)CCc2scnc2C)=NC(=O)c2ccc3c(c2)N(C[C@@H]2CC[C@H]21)C[C@@]1(CCCc2cc(Cl)ccc21)CO3. The number of aromatic nitrogens is 1. The van der Waals surface area contributed by atoms with Gasteiger partial charge in [-0.05, 0) is 112 Å². The first kappa shape index (κ1) is 35.2. The third kappa shape index (κ3) is 7.38. The van der Waals surface area contributed by atoms with Crippen LogP contribution in [0.1, 0.15) is 77.0 Å². The van der Waals surface area contributed by atoms with Gasteiger partial charge in [0.15, 0.2) is 0 Å². The van der Waals surface area contributed by atoms with Gasteiger partial charge in [-0.1, -0.05) is 29.8 Å². The van der Waals surface area contributed by atoms with Crippen LogP contribution >= 0.6 is 22.9 Å². The molecule has 2 bridgehead atoms. The molecule has 1 N–H and O–H groups in total. The molecule has 1 fully saturated rings. The fourth-order valence-corrected chi connectivity index (χ4v) is 10.7. The molecule has 7 rings (SSSR count). The van der Waals surface area contributed by atoms with Gasteiger partial charge >= 0.3 is 0 Å². The lowest BCUT2D eigenvalue weighted by Crippen LogP contribution is -2.49. The van der Waals surface area contributed by atoms with Gasteiger partial charge in [0.2, 0.25) is 5.91 Å². The van der Waals surface area contributed by atoms with E-state index in [0.717, 1.165) is 66.5 Å². The summed E-state index contributed by atoms with van der Waals surface area (Å²) < 4.78 is 33.8. The van der Waals surface area contributed by atoms with E-state index in [2.05, 4.69) is 43.3 Å². The summed E-state index contributed by atoms with van der Waals surface area (Å²) in [6, 6.07) is 11.6. The molecule has 1 spiro atoms. The van der Waals surface area contributed by atoms with E-state index < -0.39 is 21.7 Å². The maximum absolute atomic E-state index is 14.3. The second-order valence-electron chi connectivity index (χ2n) is 14.2. The van der Waals surface area contributed by atoms with Crippen LogP contribution in [0.4, 0.5) is 5.69 Å². The van der Waals surface area contributed by atoms with E-state index in [1.807, 2.05) is 25.1 Å². The minimum Gasteiger partial charge on any atom is -0.490 e. The average Bonchev–Trinajstić information content (AvgIpc) is 3.43. The van der Waals surface area contributed by atoms with Gasteiger partial charge in [0, 0.05) is 47.5 Å². The quantitative estimate of drug-likeness (QED) is 0.275. The number of aryl methyl sites for hydroxylation is 3. The monoisotopic (exact) mass is 736 g/mol. The Kier molecular flexibility index (Phi) is 10.4. The highest BCUT2D eigenvalue weighted by Gasteiger charge is 2.44. The molecule has 2 aliphatic heterocycles. The molecule has 0 saturated heterocycles. The zero-order chi connectivity index (χ0) is 34.9. The lowest BCUT2D eigenvalue weighted by Gasteiger charge is -2.46. The summed E-state index contributed by atoms with van der Waals surface area (Å²) in [5, 5.41) is 0.745. The van der Waals surface area contributed by atoms with Crippen LogP contribution < -0.4 is 14.4 Å². The van der Waals surface area contributed by atoms with Gasteiger partial charge in [0.1, 0.15) is 15.7 Å². The van der Waals surface area contributed by atoms with Crippen molar-refractivity contribution in [2.24, 2.45) is 16.2 Å². The molecule has 12 heteroatoms. The van der Waals surface area contributed by atoms with Crippen molar-refractivity contribution < 1.29 is 23.3 Å². The van der Waals surface area contributed by atoms with Crippen LogP contribution in [0, 0.1) is 18.8 Å². The number of thiazole rings is 1. The van der Waals surface area contributed by atoms with Gasteiger partial charge in [-0.3, -0.25) is 14.3 Å². The van der Waals surface area contributed by atoms with E-state index in [1.165, 1.54) is 22.5 Å². The Morgan fingerprint density at radius 2 is 2.10 bits per heavy atom. The molecular weight excluding hydrogens is 692 g/mol. The van der Waals surface area contributed by atoms with Gasteiger partial charge in [-0.2, -0.15) is 0 Å². The first-order chi connectivity index (χ1) is 24.1. The molecular formula is C38H45ClN4O5S2. The fourth-order valence-electron chi connectivity index (χ4n) is 8.14. The molecule has 2 aromatic carbocycles. The highest BCUT2D eigenvalue weighted by atomic mass is 35.5. The summed E-state index contributed by atoms with van der Waals surface area (Å²) >= 11 is 7.94. The molecule has 1 saturated carbocycles. The number of methoxy groups -OCH3 is 1. The molecule has 1 unspecified atom stereocenters. The van der Waals surface area contributed by atoms with Crippen molar-refractivity contribution >= 4 is 50.4 Å². The van der Waals surface area contributed by atoms with E-state index in [1.54, 1.807) is 18.7 Å². The number of fused-ring (bicyclic) bond motifs is 4. The Morgan fingerprint density at radius 1 is 1.22 bits per heavy atom. The van der Waals surface area contributed by atoms with E-state index in [4.69, 9.17) is 21.1 Å². The maximum Gasteiger partial charge on any atom is 0.286 e. The van der Waals surface area contributed by atoms with Crippen molar-refractivity contribution in [3.8, 4) is 5.75 Å². The van der Waals surface area contributed by atoms with Crippen molar-refractivity contribution in [1.82, 2.24) is 9.71 Å². The predicted octanol–water partition coefficient (Wildman–Crippen LogP) is 7.24. The van der Waals surface area contributed by atoms with E-state index in [0.29, 0.717) is 49.0 Å². The number of hydrogen-bond donors (Lipinski definition) is 1. The third-order valence-corrected chi connectivity index (χ3v) is 14.0. The van der Waals surface area contributed by atoms with Gasteiger partial charge < -0.3 is 14.4 Å². The summed E-state index contributed by atoms with van der Waals surface area (Å²) in [5.74, 6) is 0.519. The van der Waals surface area contributed by atoms with E-state index >= 15 is 0 Å². The van der Waals surface area contributed by atoms with E-state index in [-0.39, 0.29) is 23.7 Å². The predicted molar refractivity (Wildman–Crippen MR) is 199 cm³/mol. The Hall–Kier alpha value is -3.25. The summed E-state index contributed by atoms with van der Waals surface area (Å²) in [6.07, 6.45) is 11.1. The topological polar surface area (TPSA) is 110 Å². The normalized spacial score (nSPS) is 28.7. The molecule has 2 aliphatic carbocycles. The number of nitrogens with zero attached hydrogens (tertiary/aromatic N) is 3. The molecule has 266 valence electrons. The maximum atomic E-state index is 14.3. The Bertz CT molecular complexity index is 1920. The first-order valence-corrected chi connectivity index (χ1v) is 20.6. The summed E-state index contributed by atoms with van der Waals surface area (Å²) in [6.45, 7) is 3.94. The van der Waals surface area contributed by atoms with Crippen LogP contribution in [-0.2, 0) is 37.7 Å². The Labute approximate surface area is 304 Å². The molecule has 0 radical (unpaired) electrons. The number of hydrogen-bond acceptors (Lipinski definition) is 8. The number of allylic oxidation sites excluding steroid dienone is 1. The lowest BCUT2D eigenvalue weighted by molar-refractivity contribution is -0.119. The van der Waals surface area contributed by atoms with Crippen molar-refractivity contribution in [2.45, 2.75) is 76.2 Å². The lowest BCUT2D eigenvalue weighted by atomic mass is 9.68. The van der Waals surface area contributed by atoms with Crippen molar-refractivity contribution in [3.05, 3.63) is 86.3 Å².